The molecule has 0 spiro atoms. The molecule has 0 atom stereocenters. The molecule has 0 unspecified atom stereocenters. The van der Waals surface area contributed by atoms with Gasteiger partial charge in [-0.3, -0.25) is 0 Å². The molecule has 2 aromatic heterocycles. The summed E-state index contributed by atoms with van der Waals surface area (Å²) >= 11 is 0. The molecule has 0 radical (unpaired) electrons. The number of aromatic nitrogens is 3. The zero-order chi connectivity index (χ0) is 21.1. The van der Waals surface area contributed by atoms with E-state index in [1.807, 2.05) is 0 Å². The Balaban J connectivity index is 1.87. The van der Waals surface area contributed by atoms with Crippen molar-refractivity contribution in [2.45, 2.75) is 6.18 Å². The monoisotopic (exact) mass is 413 g/mol. The normalized spacial score (nSPS) is 12.1. The molecule has 4 aromatic rings. The average Bonchev–Trinajstić information content (AvgIpc) is 3.15. The Morgan fingerprint density at radius 2 is 1.69 bits per heavy atom. The largest absolute Gasteiger partial charge is 0.419 e. The number of anilines is 2. The number of fused-ring (bicyclic) bond motifs is 2. The van der Waals surface area contributed by atoms with Crippen LogP contribution in [0.4, 0.5) is 38.0 Å². The van der Waals surface area contributed by atoms with Gasteiger partial charge >= 0.3 is 6.18 Å². The van der Waals surface area contributed by atoms with Crippen LogP contribution in [-0.2, 0) is 6.18 Å². The fourth-order valence-electron chi connectivity index (χ4n) is 3.13. The van der Waals surface area contributed by atoms with E-state index in [2.05, 4.69) is 15.3 Å². The summed E-state index contributed by atoms with van der Waals surface area (Å²) in [6.45, 7) is 0. The van der Waals surface area contributed by atoms with Crippen LogP contribution >= 0.6 is 0 Å². The number of nitrogens with one attached hydrogen (secondary N) is 2. The van der Waals surface area contributed by atoms with Crippen LogP contribution in [0.25, 0.3) is 21.9 Å². The van der Waals surface area contributed by atoms with Crippen LogP contribution in [0.5, 0.6) is 0 Å². The summed E-state index contributed by atoms with van der Waals surface area (Å²) < 4.78 is 81.5. The lowest BCUT2D eigenvalue weighted by atomic mass is 10.2. The van der Waals surface area contributed by atoms with Crippen molar-refractivity contribution >= 4 is 33.6 Å². The van der Waals surface area contributed by atoms with Crippen LogP contribution in [0.15, 0.2) is 30.5 Å². The van der Waals surface area contributed by atoms with Gasteiger partial charge in [-0.2, -0.15) is 13.2 Å². The molecule has 0 aliphatic rings. The van der Waals surface area contributed by atoms with Gasteiger partial charge in [0.15, 0.2) is 11.6 Å². The maximum Gasteiger partial charge on any atom is 0.419 e. The van der Waals surface area contributed by atoms with E-state index >= 15 is 0 Å². The molecule has 0 saturated heterocycles. The summed E-state index contributed by atoms with van der Waals surface area (Å²) in [5, 5.41) is 4.67. The smallest absolute Gasteiger partial charge is 0.359 e. The number of alkyl halides is 3. The van der Waals surface area contributed by atoms with Crippen molar-refractivity contribution in [2.24, 2.45) is 0 Å². The molecule has 11 heteroatoms. The van der Waals surface area contributed by atoms with E-state index in [-0.39, 0.29) is 17.0 Å². The molecule has 0 fully saturated rings. The van der Waals surface area contributed by atoms with E-state index in [9.17, 15) is 26.3 Å². The van der Waals surface area contributed by atoms with Crippen molar-refractivity contribution in [3.8, 4) is 0 Å². The number of imidazole rings is 1. The van der Waals surface area contributed by atoms with E-state index in [1.165, 1.54) is 15.9 Å². The molecule has 5 nitrogen and oxygen atoms in total. The predicted octanol–water partition coefficient (Wildman–Crippen LogP) is 4.89. The Morgan fingerprint density at radius 1 is 1.00 bits per heavy atom. The predicted molar refractivity (Wildman–Crippen MR) is 96.3 cm³/mol. The fraction of sp³-hybridized carbons (Fsp3) is 0.167. The van der Waals surface area contributed by atoms with Crippen LogP contribution < -0.4 is 10.3 Å². The average molecular weight is 413 g/mol. The number of benzene rings is 2. The standard InChI is InChI=1S/C18H13F6N5/c1-28(2)29-16-6-10(19)9(18(22,23)24)4-14(16)26-17(29)27-15-7-25-13-5-12(21)11(20)3-8(13)15/h3-7,25H,1-2H3,(H,26,27). The molecule has 152 valence electrons. The Morgan fingerprint density at radius 3 is 2.34 bits per heavy atom. The van der Waals surface area contributed by atoms with E-state index in [4.69, 9.17) is 0 Å². The molecule has 2 N–H and O–H groups in total. The Bertz CT molecular complexity index is 1240. The zero-order valence-electron chi connectivity index (χ0n) is 15.0. The summed E-state index contributed by atoms with van der Waals surface area (Å²) in [6.07, 6.45) is -3.43. The number of rotatable bonds is 3. The number of halogens is 6. The van der Waals surface area contributed by atoms with Crippen LogP contribution in [0.2, 0.25) is 0 Å². The van der Waals surface area contributed by atoms with Crippen molar-refractivity contribution in [3.63, 3.8) is 0 Å². The quantitative estimate of drug-likeness (QED) is 0.470. The maximum absolute atomic E-state index is 14.1. The van der Waals surface area contributed by atoms with E-state index in [1.54, 1.807) is 14.1 Å². The van der Waals surface area contributed by atoms with Crippen LogP contribution in [0, 0.1) is 17.5 Å². The summed E-state index contributed by atoms with van der Waals surface area (Å²) in [5.74, 6) is -3.45. The van der Waals surface area contributed by atoms with Gasteiger partial charge in [-0.05, 0) is 12.1 Å². The highest BCUT2D eigenvalue weighted by Crippen LogP contribution is 2.35. The lowest BCUT2D eigenvalue weighted by Crippen LogP contribution is -2.26. The van der Waals surface area contributed by atoms with Crippen LogP contribution in [0.1, 0.15) is 5.56 Å². The molecule has 0 aliphatic heterocycles. The van der Waals surface area contributed by atoms with Gasteiger partial charge in [-0.1, -0.05) is 0 Å². The van der Waals surface area contributed by atoms with Gasteiger partial charge in [-0.25, -0.2) is 22.8 Å². The number of aromatic amines is 1. The lowest BCUT2D eigenvalue weighted by molar-refractivity contribution is -0.139. The molecule has 2 aromatic carbocycles. The van der Waals surface area contributed by atoms with Gasteiger partial charge in [0, 0.05) is 37.8 Å². The minimum Gasteiger partial charge on any atom is -0.359 e. The third-order valence-electron chi connectivity index (χ3n) is 4.39. The highest BCUT2D eigenvalue weighted by atomic mass is 19.4. The first-order chi connectivity index (χ1) is 13.6. The first-order valence-electron chi connectivity index (χ1n) is 8.26. The van der Waals surface area contributed by atoms with Crippen molar-refractivity contribution < 1.29 is 26.3 Å². The Kier molecular flexibility index (Phi) is 4.14. The van der Waals surface area contributed by atoms with Gasteiger partial charge < -0.3 is 15.3 Å². The van der Waals surface area contributed by atoms with Crippen molar-refractivity contribution in [2.75, 3.05) is 24.4 Å². The molecule has 29 heavy (non-hydrogen) atoms. The SMILES string of the molecule is CN(C)n1c(Nc2c[nH]c3cc(F)c(F)cc23)nc2cc(C(F)(F)F)c(F)cc21. The Hall–Kier alpha value is -3.37. The molecule has 0 aliphatic carbocycles. The number of nitrogens with zero attached hydrogens (tertiary/aromatic N) is 3. The van der Waals surface area contributed by atoms with Gasteiger partial charge in [-0.15, -0.1) is 0 Å². The highest BCUT2D eigenvalue weighted by Gasteiger charge is 2.35. The minimum absolute atomic E-state index is 0.0642. The molecular formula is C18H13F6N5. The second-order valence-electron chi connectivity index (χ2n) is 6.55. The second kappa shape index (κ2) is 6.33. The summed E-state index contributed by atoms with van der Waals surface area (Å²) in [6, 6.07) is 3.34. The molecule has 0 bridgehead atoms. The van der Waals surface area contributed by atoms with Crippen molar-refractivity contribution in [1.29, 1.82) is 0 Å². The van der Waals surface area contributed by atoms with Gasteiger partial charge in [0.25, 0.3) is 0 Å². The van der Waals surface area contributed by atoms with Gasteiger partial charge in [0.05, 0.1) is 27.8 Å². The first-order valence-corrected chi connectivity index (χ1v) is 8.26. The number of hydrogen-bond acceptors (Lipinski definition) is 3. The topological polar surface area (TPSA) is 48.9 Å². The zero-order valence-corrected chi connectivity index (χ0v) is 15.0. The fourth-order valence-corrected chi connectivity index (χ4v) is 3.13. The summed E-state index contributed by atoms with van der Waals surface area (Å²) in [5.41, 5.74) is -0.796. The highest BCUT2D eigenvalue weighted by molar-refractivity contribution is 5.94. The van der Waals surface area contributed by atoms with E-state index in [0.29, 0.717) is 22.7 Å². The van der Waals surface area contributed by atoms with Crippen LogP contribution in [0.3, 0.4) is 0 Å². The first kappa shape index (κ1) is 19.0. The molecular weight excluding hydrogens is 400 g/mol. The minimum atomic E-state index is -4.87. The van der Waals surface area contributed by atoms with Crippen molar-refractivity contribution in [1.82, 2.24) is 14.6 Å². The third kappa shape index (κ3) is 3.12. The number of H-pyrrole nitrogens is 1. The van der Waals surface area contributed by atoms with Crippen LogP contribution in [-0.4, -0.2) is 28.7 Å². The van der Waals surface area contributed by atoms with Crippen molar-refractivity contribution in [3.05, 3.63) is 53.5 Å². The second-order valence-corrected chi connectivity index (χ2v) is 6.55. The van der Waals surface area contributed by atoms with E-state index < -0.39 is 29.2 Å². The number of hydrogen-bond donors (Lipinski definition) is 2. The van der Waals surface area contributed by atoms with Gasteiger partial charge in [0.1, 0.15) is 5.82 Å². The molecule has 0 saturated carbocycles. The van der Waals surface area contributed by atoms with E-state index in [0.717, 1.165) is 18.2 Å². The molecule has 4 rings (SSSR count). The molecule has 0 amide bonds. The maximum atomic E-state index is 14.1. The summed E-state index contributed by atoms with van der Waals surface area (Å²) in [4.78, 5) is 6.90. The Labute approximate surface area is 159 Å². The summed E-state index contributed by atoms with van der Waals surface area (Å²) in [7, 11) is 3.18. The van der Waals surface area contributed by atoms with Gasteiger partial charge in [0.2, 0.25) is 5.95 Å². The lowest BCUT2D eigenvalue weighted by Gasteiger charge is -2.18. The third-order valence-corrected chi connectivity index (χ3v) is 4.39. The molecule has 2 heterocycles.